The molecule has 0 saturated heterocycles. The Hall–Kier alpha value is -0.690. The average molecular weight is 348 g/mol. The standard InChI is InChI=1S/C11H11INO2S/c1-3-15-11(14)9-7(2)8-6-12-4-5-13-10(8)16-9/h4-6H,3H2,1-2H3/q-1. The normalized spacial score (nSPS) is 13.9. The van der Waals surface area contributed by atoms with Gasteiger partial charge in [-0.15, -0.1) is 0 Å². The molecule has 0 unspecified atom stereocenters. The van der Waals surface area contributed by atoms with Crippen LogP contribution in [0, 0.1) is 6.92 Å². The van der Waals surface area contributed by atoms with Crippen LogP contribution in [0.1, 0.15) is 22.2 Å². The number of rotatable bonds is 2. The Kier molecular flexibility index (Phi) is 3.75. The first-order valence-corrected chi connectivity index (χ1v) is 8.16. The second-order valence-corrected chi connectivity index (χ2v) is 6.19. The number of nitrogens with zero attached hydrogens (tertiary/aromatic N) is 1. The van der Waals surface area contributed by atoms with E-state index in [9.17, 15) is 4.79 Å². The Morgan fingerprint density at radius 1 is 1.62 bits per heavy atom. The molecule has 1 aromatic rings. The van der Waals surface area contributed by atoms with E-state index in [-0.39, 0.29) is 27.2 Å². The number of hydrogen-bond donors (Lipinski definition) is 0. The molecular formula is C11H11INO2S-. The zero-order chi connectivity index (χ0) is 11.5. The van der Waals surface area contributed by atoms with Crippen LogP contribution in [0.5, 0.6) is 0 Å². The topological polar surface area (TPSA) is 38.7 Å². The number of thiophene rings is 1. The predicted octanol–water partition coefficient (Wildman–Crippen LogP) is -1.84. The molecular weight excluding hydrogens is 337 g/mol. The second kappa shape index (κ2) is 5.09. The Labute approximate surface area is 108 Å². The van der Waals surface area contributed by atoms with E-state index in [4.69, 9.17) is 4.74 Å². The summed E-state index contributed by atoms with van der Waals surface area (Å²) in [6, 6.07) is 0. The van der Waals surface area contributed by atoms with Gasteiger partial charge < -0.3 is 0 Å². The van der Waals surface area contributed by atoms with Crippen molar-refractivity contribution < 1.29 is 30.7 Å². The summed E-state index contributed by atoms with van der Waals surface area (Å²) in [6.45, 7) is 4.19. The monoisotopic (exact) mass is 348 g/mol. The van der Waals surface area contributed by atoms with Gasteiger partial charge in [-0.1, -0.05) is 0 Å². The summed E-state index contributed by atoms with van der Waals surface area (Å²) in [7, 11) is 0. The summed E-state index contributed by atoms with van der Waals surface area (Å²) in [6.07, 6.45) is 1.83. The van der Waals surface area contributed by atoms with E-state index in [2.05, 4.69) is 13.2 Å². The fraction of sp³-hybridized carbons (Fsp3) is 0.273. The molecule has 2 rings (SSSR count). The molecule has 0 amide bonds. The van der Waals surface area contributed by atoms with Crippen LogP contribution in [0.4, 0.5) is 0 Å². The van der Waals surface area contributed by atoms with Gasteiger partial charge in [-0.3, -0.25) is 0 Å². The third-order valence-corrected chi connectivity index (χ3v) is 5.04. The molecule has 1 aliphatic heterocycles. The van der Waals surface area contributed by atoms with E-state index >= 15 is 0 Å². The van der Waals surface area contributed by atoms with Crippen LogP contribution in [0.25, 0.3) is 4.08 Å². The van der Waals surface area contributed by atoms with Crippen LogP contribution in [0.3, 0.4) is 0 Å². The van der Waals surface area contributed by atoms with Crippen LogP contribution in [-0.2, 0) is 4.74 Å². The summed E-state index contributed by atoms with van der Waals surface area (Å²) in [5, 5.41) is 1.12. The molecule has 5 heteroatoms. The minimum atomic E-state index is -0.233. The molecule has 0 bridgehead atoms. The summed E-state index contributed by atoms with van der Waals surface area (Å²) >= 11 is 1.34. The summed E-state index contributed by atoms with van der Waals surface area (Å²) in [5.41, 5.74) is 1.01. The maximum absolute atomic E-state index is 11.7. The van der Waals surface area contributed by atoms with Gasteiger partial charge in [0.2, 0.25) is 0 Å². The minimum absolute atomic E-state index is 0.0781. The zero-order valence-electron chi connectivity index (χ0n) is 8.99. The zero-order valence-corrected chi connectivity index (χ0v) is 12.0. The van der Waals surface area contributed by atoms with Gasteiger partial charge in [0.1, 0.15) is 0 Å². The third kappa shape index (κ3) is 2.20. The van der Waals surface area contributed by atoms with Crippen molar-refractivity contribution in [3.05, 3.63) is 30.6 Å². The maximum atomic E-state index is 11.7. The Balaban J connectivity index is 2.56. The van der Waals surface area contributed by atoms with Gasteiger partial charge in [0.05, 0.1) is 0 Å². The number of carbonyl (C=O) groups is 1. The quantitative estimate of drug-likeness (QED) is 0.466. The van der Waals surface area contributed by atoms with E-state index in [0.29, 0.717) is 11.5 Å². The van der Waals surface area contributed by atoms with Gasteiger partial charge in [-0.05, 0) is 0 Å². The number of esters is 1. The van der Waals surface area contributed by atoms with Crippen LogP contribution in [-0.4, -0.2) is 12.6 Å². The van der Waals surface area contributed by atoms with Crippen LogP contribution < -0.4 is 31.1 Å². The molecule has 16 heavy (non-hydrogen) atoms. The van der Waals surface area contributed by atoms with E-state index < -0.39 is 0 Å². The molecule has 0 aliphatic carbocycles. The number of ether oxygens (including phenoxy) is 1. The van der Waals surface area contributed by atoms with Crippen molar-refractivity contribution in [1.82, 2.24) is 0 Å². The van der Waals surface area contributed by atoms with Gasteiger partial charge in [-0.2, -0.15) is 0 Å². The molecule has 0 fully saturated rings. The number of fused-ring (bicyclic) bond motifs is 1. The van der Waals surface area contributed by atoms with E-state index in [1.165, 1.54) is 11.3 Å². The molecule has 1 aromatic heterocycles. The first kappa shape index (κ1) is 11.8. The molecule has 2 heterocycles. The van der Waals surface area contributed by atoms with Crippen molar-refractivity contribution in [2.75, 3.05) is 6.61 Å². The van der Waals surface area contributed by atoms with Gasteiger partial charge in [0.15, 0.2) is 0 Å². The van der Waals surface area contributed by atoms with Gasteiger partial charge in [0, 0.05) is 0 Å². The molecule has 0 aromatic carbocycles. The van der Waals surface area contributed by atoms with Gasteiger partial charge >= 0.3 is 108 Å². The Morgan fingerprint density at radius 3 is 3.19 bits per heavy atom. The number of halogens is 1. The molecule has 0 saturated carbocycles. The summed E-state index contributed by atoms with van der Waals surface area (Å²) < 4.78 is 10.3. The average Bonchev–Trinajstić information content (AvgIpc) is 2.47. The summed E-state index contributed by atoms with van der Waals surface area (Å²) in [4.78, 5) is 16.7. The first-order valence-electron chi connectivity index (χ1n) is 4.85. The van der Waals surface area contributed by atoms with Crippen LogP contribution in [0.15, 0.2) is 15.3 Å². The van der Waals surface area contributed by atoms with Crippen LogP contribution >= 0.6 is 11.3 Å². The molecule has 0 radical (unpaired) electrons. The van der Waals surface area contributed by atoms with E-state index in [1.54, 1.807) is 0 Å². The van der Waals surface area contributed by atoms with Crippen molar-refractivity contribution in [2.24, 2.45) is 4.99 Å². The van der Waals surface area contributed by atoms with Gasteiger partial charge in [0.25, 0.3) is 0 Å². The Bertz CT molecular complexity index is 559. The van der Waals surface area contributed by atoms with Crippen molar-refractivity contribution in [2.45, 2.75) is 13.8 Å². The van der Waals surface area contributed by atoms with E-state index in [1.807, 2.05) is 20.0 Å². The summed E-state index contributed by atoms with van der Waals surface area (Å²) in [5.74, 6) is -0.233. The fourth-order valence-electron chi connectivity index (χ4n) is 1.35. The Morgan fingerprint density at radius 2 is 2.44 bits per heavy atom. The predicted molar refractivity (Wildman–Crippen MR) is 59.4 cm³/mol. The number of hydrogen-bond acceptors (Lipinski definition) is 4. The van der Waals surface area contributed by atoms with Crippen molar-refractivity contribution in [1.29, 1.82) is 0 Å². The second-order valence-electron chi connectivity index (χ2n) is 3.13. The first-order chi connectivity index (χ1) is 7.74. The molecule has 0 N–H and O–H groups in total. The molecule has 1 aliphatic rings. The van der Waals surface area contributed by atoms with Crippen molar-refractivity contribution in [3.8, 4) is 0 Å². The fourth-order valence-corrected chi connectivity index (χ4v) is 4.28. The number of carbonyl (C=O) groups excluding carboxylic acids is 1. The molecule has 3 nitrogen and oxygen atoms in total. The van der Waals surface area contributed by atoms with Crippen LogP contribution in [0.2, 0.25) is 0 Å². The van der Waals surface area contributed by atoms with E-state index in [0.717, 1.165) is 15.5 Å². The van der Waals surface area contributed by atoms with Gasteiger partial charge in [-0.25, -0.2) is 0 Å². The molecule has 0 spiro atoms. The third-order valence-electron chi connectivity index (χ3n) is 2.13. The van der Waals surface area contributed by atoms with Crippen molar-refractivity contribution >= 4 is 21.4 Å². The van der Waals surface area contributed by atoms with Crippen molar-refractivity contribution in [3.63, 3.8) is 0 Å². The SMILES string of the molecule is CCOC(=O)c1sc2c(c1C)=C[I-]C=CN=2. The molecule has 86 valence electrons. The molecule has 0 atom stereocenters.